The van der Waals surface area contributed by atoms with Gasteiger partial charge in [0.1, 0.15) is 0 Å². The molecule has 0 spiro atoms. The standard InChI is InChI=1S/C17H29NO4/c1-2-21-17-13(9-6-10-19)14(11-15(22-17)16(18)20)12-7-4-3-5-8-12/h11-14,17,19H,2-10H2,1H3,(H2,18,20)/t13-,14+,17+/m0/s1. The predicted molar refractivity (Wildman–Crippen MR) is 83.7 cm³/mol. The first-order valence-electron chi connectivity index (χ1n) is 8.58. The fourth-order valence-electron chi connectivity index (χ4n) is 3.85. The molecule has 5 nitrogen and oxygen atoms in total. The van der Waals surface area contributed by atoms with Crippen LogP contribution in [0.15, 0.2) is 11.8 Å². The Morgan fingerprint density at radius 3 is 2.73 bits per heavy atom. The third-order valence-electron chi connectivity index (χ3n) is 4.89. The number of carbonyl (C=O) groups excluding carboxylic acids is 1. The highest BCUT2D eigenvalue weighted by molar-refractivity contribution is 5.90. The summed E-state index contributed by atoms with van der Waals surface area (Å²) in [4.78, 5) is 11.6. The number of hydrogen-bond donors (Lipinski definition) is 2. The van der Waals surface area contributed by atoms with Crippen LogP contribution in [0.1, 0.15) is 51.9 Å². The maximum atomic E-state index is 11.6. The lowest BCUT2D eigenvalue weighted by Crippen LogP contribution is -2.41. The second kappa shape index (κ2) is 8.53. The van der Waals surface area contributed by atoms with Crippen LogP contribution in [0.3, 0.4) is 0 Å². The molecule has 2 aliphatic rings. The number of allylic oxidation sites excluding steroid dienone is 1. The first kappa shape index (κ1) is 17.3. The zero-order valence-corrected chi connectivity index (χ0v) is 13.5. The number of aliphatic hydroxyl groups is 1. The van der Waals surface area contributed by atoms with Crippen LogP contribution in [-0.4, -0.2) is 30.5 Å². The van der Waals surface area contributed by atoms with Crippen LogP contribution in [0.5, 0.6) is 0 Å². The topological polar surface area (TPSA) is 81.8 Å². The molecule has 1 heterocycles. The van der Waals surface area contributed by atoms with Gasteiger partial charge in [-0.15, -0.1) is 0 Å². The molecule has 0 aromatic carbocycles. The zero-order valence-electron chi connectivity index (χ0n) is 13.5. The third kappa shape index (κ3) is 4.23. The molecule has 22 heavy (non-hydrogen) atoms. The highest BCUT2D eigenvalue weighted by Gasteiger charge is 2.40. The number of carbonyl (C=O) groups is 1. The summed E-state index contributed by atoms with van der Waals surface area (Å²) in [6.45, 7) is 2.62. The van der Waals surface area contributed by atoms with Crippen molar-refractivity contribution < 1.29 is 19.4 Å². The summed E-state index contributed by atoms with van der Waals surface area (Å²) in [6, 6.07) is 0. The van der Waals surface area contributed by atoms with Crippen molar-refractivity contribution in [3.8, 4) is 0 Å². The van der Waals surface area contributed by atoms with Crippen molar-refractivity contribution in [2.75, 3.05) is 13.2 Å². The maximum absolute atomic E-state index is 11.6. The number of aliphatic hydroxyl groups excluding tert-OH is 1. The van der Waals surface area contributed by atoms with Gasteiger partial charge >= 0.3 is 0 Å². The Bertz CT molecular complexity index is 390. The minimum atomic E-state index is -0.522. The highest BCUT2D eigenvalue weighted by atomic mass is 16.7. The quantitative estimate of drug-likeness (QED) is 0.756. The Morgan fingerprint density at radius 1 is 1.41 bits per heavy atom. The van der Waals surface area contributed by atoms with Gasteiger partial charge in [-0.3, -0.25) is 4.79 Å². The van der Waals surface area contributed by atoms with Crippen molar-refractivity contribution in [1.82, 2.24) is 0 Å². The molecule has 1 amide bonds. The molecule has 3 atom stereocenters. The van der Waals surface area contributed by atoms with Crippen LogP contribution in [0.2, 0.25) is 0 Å². The Kier molecular flexibility index (Phi) is 6.70. The summed E-state index contributed by atoms with van der Waals surface area (Å²) in [6.07, 6.45) is 9.20. The lowest BCUT2D eigenvalue weighted by atomic mass is 9.71. The van der Waals surface area contributed by atoms with Crippen molar-refractivity contribution in [3.63, 3.8) is 0 Å². The van der Waals surface area contributed by atoms with E-state index in [9.17, 15) is 9.90 Å². The van der Waals surface area contributed by atoms with E-state index in [4.69, 9.17) is 15.2 Å². The van der Waals surface area contributed by atoms with E-state index < -0.39 is 12.2 Å². The van der Waals surface area contributed by atoms with Crippen molar-refractivity contribution in [2.24, 2.45) is 23.5 Å². The van der Waals surface area contributed by atoms with Crippen LogP contribution in [0, 0.1) is 17.8 Å². The molecule has 126 valence electrons. The number of rotatable bonds is 7. The molecule has 3 N–H and O–H groups in total. The molecular formula is C17H29NO4. The lowest BCUT2D eigenvalue weighted by Gasteiger charge is -2.41. The van der Waals surface area contributed by atoms with Crippen LogP contribution in [-0.2, 0) is 14.3 Å². The van der Waals surface area contributed by atoms with E-state index in [0.717, 1.165) is 12.8 Å². The lowest BCUT2D eigenvalue weighted by molar-refractivity contribution is -0.176. The molecule has 1 aliphatic carbocycles. The van der Waals surface area contributed by atoms with Crippen molar-refractivity contribution in [2.45, 2.75) is 58.2 Å². The van der Waals surface area contributed by atoms with Gasteiger partial charge in [0, 0.05) is 19.1 Å². The van der Waals surface area contributed by atoms with Gasteiger partial charge < -0.3 is 20.3 Å². The fourth-order valence-corrected chi connectivity index (χ4v) is 3.85. The van der Waals surface area contributed by atoms with Gasteiger partial charge in [0.05, 0.1) is 0 Å². The molecular weight excluding hydrogens is 282 g/mol. The van der Waals surface area contributed by atoms with Crippen molar-refractivity contribution in [3.05, 3.63) is 11.8 Å². The van der Waals surface area contributed by atoms with Gasteiger partial charge in [-0.05, 0) is 50.5 Å². The molecule has 0 radical (unpaired) electrons. The van der Waals surface area contributed by atoms with Crippen LogP contribution in [0.25, 0.3) is 0 Å². The van der Waals surface area contributed by atoms with Crippen LogP contribution in [0.4, 0.5) is 0 Å². The number of hydrogen-bond acceptors (Lipinski definition) is 4. The Morgan fingerprint density at radius 2 is 2.14 bits per heavy atom. The van der Waals surface area contributed by atoms with E-state index in [1.807, 2.05) is 13.0 Å². The molecule has 1 fully saturated rings. The molecule has 1 saturated carbocycles. The minimum absolute atomic E-state index is 0.166. The summed E-state index contributed by atoms with van der Waals surface area (Å²) in [5.41, 5.74) is 5.44. The van der Waals surface area contributed by atoms with Crippen LogP contribution < -0.4 is 5.73 Å². The second-order valence-electron chi connectivity index (χ2n) is 6.34. The highest BCUT2D eigenvalue weighted by Crippen LogP contribution is 2.42. The smallest absolute Gasteiger partial charge is 0.283 e. The Labute approximate surface area is 132 Å². The monoisotopic (exact) mass is 311 g/mol. The second-order valence-corrected chi connectivity index (χ2v) is 6.34. The van der Waals surface area contributed by atoms with E-state index >= 15 is 0 Å². The first-order valence-corrected chi connectivity index (χ1v) is 8.58. The Hall–Kier alpha value is -1.07. The van der Waals surface area contributed by atoms with E-state index in [0.29, 0.717) is 12.5 Å². The van der Waals surface area contributed by atoms with Gasteiger partial charge in [0.2, 0.25) is 6.29 Å². The van der Waals surface area contributed by atoms with Gasteiger partial charge in [0.25, 0.3) is 5.91 Å². The molecule has 0 bridgehead atoms. The molecule has 0 aromatic heterocycles. The largest absolute Gasteiger partial charge is 0.459 e. The van der Waals surface area contributed by atoms with E-state index in [-0.39, 0.29) is 24.2 Å². The molecule has 5 heteroatoms. The molecule has 0 saturated heterocycles. The van der Waals surface area contributed by atoms with Gasteiger partial charge in [-0.2, -0.15) is 0 Å². The molecule has 0 unspecified atom stereocenters. The maximum Gasteiger partial charge on any atom is 0.283 e. The average Bonchev–Trinajstić information content (AvgIpc) is 2.54. The summed E-state index contributed by atoms with van der Waals surface area (Å²) in [7, 11) is 0. The van der Waals surface area contributed by atoms with Gasteiger partial charge in [-0.1, -0.05) is 19.3 Å². The number of ether oxygens (including phenoxy) is 2. The van der Waals surface area contributed by atoms with Crippen molar-refractivity contribution >= 4 is 5.91 Å². The molecule has 0 aromatic rings. The van der Waals surface area contributed by atoms with E-state index in [2.05, 4.69) is 0 Å². The zero-order chi connectivity index (χ0) is 15.9. The number of amides is 1. The van der Waals surface area contributed by atoms with Gasteiger partial charge in [0.15, 0.2) is 5.76 Å². The Balaban J connectivity index is 2.22. The summed E-state index contributed by atoms with van der Waals surface area (Å²) < 4.78 is 11.4. The van der Waals surface area contributed by atoms with Gasteiger partial charge in [-0.25, -0.2) is 0 Å². The SMILES string of the molecule is CCO[C@@H]1OC(C(N)=O)=C[C@H](C2CCCCC2)[C@@H]1CCCO. The average molecular weight is 311 g/mol. The fraction of sp³-hybridized carbons (Fsp3) is 0.824. The number of primary amides is 1. The molecule has 1 aliphatic heterocycles. The van der Waals surface area contributed by atoms with E-state index in [1.165, 1.54) is 32.1 Å². The third-order valence-corrected chi connectivity index (χ3v) is 4.89. The summed E-state index contributed by atoms with van der Waals surface area (Å²) in [5.74, 6) is 0.706. The summed E-state index contributed by atoms with van der Waals surface area (Å²) in [5, 5.41) is 9.18. The number of nitrogens with two attached hydrogens (primary N) is 1. The first-order chi connectivity index (χ1) is 10.7. The molecule has 2 rings (SSSR count). The summed E-state index contributed by atoms with van der Waals surface area (Å²) >= 11 is 0. The van der Waals surface area contributed by atoms with Crippen molar-refractivity contribution in [1.29, 1.82) is 0 Å². The van der Waals surface area contributed by atoms with Crippen LogP contribution >= 0.6 is 0 Å². The normalized spacial score (nSPS) is 29.7. The minimum Gasteiger partial charge on any atom is -0.459 e. The predicted octanol–water partition coefficient (Wildman–Crippen LogP) is 2.33. The van der Waals surface area contributed by atoms with E-state index in [1.54, 1.807) is 0 Å².